The second kappa shape index (κ2) is 2.15. The molecule has 0 spiro atoms. The maximum Gasteiger partial charge on any atom is 0.303 e. The minimum atomic E-state index is -2.81. The van der Waals surface area contributed by atoms with Crippen molar-refractivity contribution in [1.29, 1.82) is 0 Å². The minimum Gasteiger partial charge on any atom is -0.259 e. The molecule has 1 nitrogen and oxygen atoms in total. The van der Waals surface area contributed by atoms with Gasteiger partial charge in [-0.3, -0.25) is 4.99 Å². The summed E-state index contributed by atoms with van der Waals surface area (Å²) < 4.78 is 24.7. The van der Waals surface area contributed by atoms with Crippen LogP contribution >= 0.6 is 0 Å². The number of alkyl halides is 2. The summed E-state index contributed by atoms with van der Waals surface area (Å²) in [5.74, 6) is -2.72. The highest BCUT2D eigenvalue weighted by atomic mass is 19.3. The summed E-state index contributed by atoms with van der Waals surface area (Å²) in [7, 11) is 0. The van der Waals surface area contributed by atoms with Gasteiger partial charge in [0.2, 0.25) is 0 Å². The van der Waals surface area contributed by atoms with Gasteiger partial charge in [0.25, 0.3) is 0 Å². The van der Waals surface area contributed by atoms with Crippen molar-refractivity contribution >= 4 is 6.21 Å². The monoisotopic (exact) mass is 145 g/mol. The number of rotatable bonds is 1. The van der Waals surface area contributed by atoms with E-state index in [2.05, 4.69) is 4.99 Å². The second-order valence-corrected chi connectivity index (χ2v) is 2.66. The van der Waals surface area contributed by atoms with Crippen molar-refractivity contribution < 1.29 is 8.78 Å². The third-order valence-electron chi connectivity index (χ3n) is 1.32. The zero-order valence-electron chi connectivity index (χ0n) is 5.94. The molecular formula is C7H9F2N. The molecule has 10 heavy (non-hydrogen) atoms. The van der Waals surface area contributed by atoms with Crippen LogP contribution in [0.4, 0.5) is 8.78 Å². The molecule has 1 heterocycles. The van der Waals surface area contributed by atoms with Gasteiger partial charge < -0.3 is 0 Å². The molecule has 0 atom stereocenters. The van der Waals surface area contributed by atoms with Crippen LogP contribution in [0.2, 0.25) is 0 Å². The molecule has 0 saturated carbocycles. The van der Waals surface area contributed by atoms with Crippen LogP contribution in [0.15, 0.2) is 16.8 Å². The Bertz CT molecular complexity index is 192. The van der Waals surface area contributed by atoms with Crippen molar-refractivity contribution in [3.63, 3.8) is 0 Å². The van der Waals surface area contributed by atoms with Gasteiger partial charge in [-0.05, 0) is 5.92 Å². The Morgan fingerprint density at radius 3 is 2.30 bits per heavy atom. The second-order valence-electron chi connectivity index (χ2n) is 2.66. The summed E-state index contributed by atoms with van der Waals surface area (Å²) in [6.07, 6.45) is 1.58. The smallest absolute Gasteiger partial charge is 0.259 e. The van der Waals surface area contributed by atoms with Gasteiger partial charge in [0.15, 0.2) is 0 Å². The molecule has 0 aliphatic carbocycles. The number of allylic oxidation sites excluding steroid dienone is 2. The molecule has 0 aromatic carbocycles. The van der Waals surface area contributed by atoms with Crippen molar-refractivity contribution in [3.8, 4) is 0 Å². The lowest BCUT2D eigenvalue weighted by atomic mass is 10.1. The topological polar surface area (TPSA) is 12.4 Å². The van der Waals surface area contributed by atoms with E-state index in [1.165, 1.54) is 0 Å². The largest absolute Gasteiger partial charge is 0.303 e. The van der Waals surface area contributed by atoms with Crippen LogP contribution in [0.25, 0.3) is 0 Å². The van der Waals surface area contributed by atoms with Crippen LogP contribution in [-0.2, 0) is 0 Å². The minimum absolute atomic E-state index is 0.0876. The number of nitrogens with zero attached hydrogens (tertiary/aromatic N) is 1. The first kappa shape index (κ1) is 7.38. The van der Waals surface area contributed by atoms with E-state index >= 15 is 0 Å². The lowest BCUT2D eigenvalue weighted by Gasteiger charge is -2.00. The summed E-state index contributed by atoms with van der Waals surface area (Å²) in [6.45, 7) is 3.68. The molecule has 0 unspecified atom stereocenters. The molecule has 0 aromatic rings. The van der Waals surface area contributed by atoms with Gasteiger partial charge in [0, 0.05) is 11.8 Å². The summed E-state index contributed by atoms with van der Waals surface area (Å²) >= 11 is 0. The van der Waals surface area contributed by atoms with Crippen LogP contribution in [0.5, 0.6) is 0 Å². The van der Waals surface area contributed by atoms with Gasteiger partial charge >= 0.3 is 5.92 Å². The maximum atomic E-state index is 12.3. The van der Waals surface area contributed by atoms with E-state index in [-0.39, 0.29) is 5.92 Å². The molecule has 0 N–H and O–H groups in total. The molecule has 1 aliphatic rings. The van der Waals surface area contributed by atoms with Crippen molar-refractivity contribution in [2.45, 2.75) is 19.8 Å². The average Bonchev–Trinajstić information content (AvgIpc) is 2.10. The van der Waals surface area contributed by atoms with Gasteiger partial charge in [-0.2, -0.15) is 8.78 Å². The molecule has 0 bridgehead atoms. The summed E-state index contributed by atoms with van der Waals surface area (Å²) in [5, 5.41) is 0. The van der Waals surface area contributed by atoms with E-state index in [0.29, 0.717) is 11.9 Å². The molecule has 1 rings (SSSR count). The quantitative estimate of drug-likeness (QED) is 0.536. The summed E-state index contributed by atoms with van der Waals surface area (Å²) in [6, 6.07) is 0. The Labute approximate surface area is 58.5 Å². The van der Waals surface area contributed by atoms with E-state index in [1.54, 1.807) is 0 Å². The molecular weight excluding hydrogens is 136 g/mol. The zero-order chi connectivity index (χ0) is 7.78. The zero-order valence-corrected chi connectivity index (χ0v) is 5.94. The number of hydrogen-bond acceptors (Lipinski definition) is 1. The van der Waals surface area contributed by atoms with Crippen LogP contribution in [0, 0.1) is 5.92 Å². The Hall–Kier alpha value is -0.730. The molecule has 0 radical (unpaired) electrons. The van der Waals surface area contributed by atoms with Gasteiger partial charge in [-0.1, -0.05) is 13.8 Å². The summed E-state index contributed by atoms with van der Waals surface area (Å²) in [4.78, 5) is 3.57. The highest BCUT2D eigenvalue weighted by Crippen LogP contribution is 2.25. The lowest BCUT2D eigenvalue weighted by Crippen LogP contribution is -2.09. The van der Waals surface area contributed by atoms with Crippen molar-refractivity contribution in [1.82, 2.24) is 0 Å². The molecule has 56 valence electrons. The first-order chi connectivity index (χ1) is 4.51. The van der Waals surface area contributed by atoms with E-state index < -0.39 is 5.92 Å². The molecule has 3 heteroatoms. The summed E-state index contributed by atoms with van der Waals surface area (Å²) in [5.41, 5.74) is 0.477. The predicted octanol–water partition coefficient (Wildman–Crippen LogP) is 2.25. The fourth-order valence-corrected chi connectivity index (χ4v) is 0.748. The third kappa shape index (κ3) is 1.40. The molecule has 0 aromatic heterocycles. The Balaban J connectivity index is 2.78. The third-order valence-corrected chi connectivity index (χ3v) is 1.32. The van der Waals surface area contributed by atoms with E-state index in [4.69, 9.17) is 0 Å². The van der Waals surface area contributed by atoms with E-state index in [1.807, 2.05) is 13.8 Å². The highest BCUT2D eigenvalue weighted by molar-refractivity contribution is 5.74. The normalized spacial score (nSPS) is 21.9. The lowest BCUT2D eigenvalue weighted by molar-refractivity contribution is 0.142. The van der Waals surface area contributed by atoms with Crippen LogP contribution in [0.3, 0.4) is 0 Å². The van der Waals surface area contributed by atoms with Crippen LogP contribution < -0.4 is 0 Å². The van der Waals surface area contributed by atoms with Gasteiger partial charge in [0.1, 0.15) is 0 Å². The van der Waals surface area contributed by atoms with Crippen LogP contribution in [0.1, 0.15) is 13.8 Å². The predicted molar refractivity (Wildman–Crippen MR) is 36.4 cm³/mol. The highest BCUT2D eigenvalue weighted by Gasteiger charge is 2.28. The standard InChI is InChI=1S/C7H9F2N/c1-5(2)6-3-7(8,9)4-10-6/h3-5H,1-2H3. The first-order valence-corrected chi connectivity index (χ1v) is 3.17. The van der Waals surface area contributed by atoms with Crippen LogP contribution in [-0.4, -0.2) is 12.1 Å². The fraction of sp³-hybridized carbons (Fsp3) is 0.571. The molecule has 0 saturated heterocycles. The Morgan fingerprint density at radius 2 is 2.10 bits per heavy atom. The van der Waals surface area contributed by atoms with E-state index in [9.17, 15) is 8.78 Å². The van der Waals surface area contributed by atoms with Crippen molar-refractivity contribution in [2.75, 3.05) is 0 Å². The fourth-order valence-electron chi connectivity index (χ4n) is 0.748. The Kier molecular flexibility index (Phi) is 1.58. The number of halogens is 2. The molecule has 1 aliphatic heterocycles. The van der Waals surface area contributed by atoms with Crippen molar-refractivity contribution in [2.24, 2.45) is 10.9 Å². The molecule has 0 fully saturated rings. The number of hydrogen-bond donors (Lipinski definition) is 0. The molecule has 0 amide bonds. The average molecular weight is 145 g/mol. The van der Waals surface area contributed by atoms with Crippen molar-refractivity contribution in [3.05, 3.63) is 11.8 Å². The van der Waals surface area contributed by atoms with Gasteiger partial charge in [-0.15, -0.1) is 0 Å². The van der Waals surface area contributed by atoms with E-state index in [0.717, 1.165) is 6.08 Å². The SMILES string of the molecule is CC(C)C1=CC(F)(F)C=N1. The number of aliphatic imine (C=N–C) groups is 1. The van der Waals surface area contributed by atoms with Gasteiger partial charge in [-0.25, -0.2) is 0 Å². The first-order valence-electron chi connectivity index (χ1n) is 3.17. The van der Waals surface area contributed by atoms with Gasteiger partial charge in [0.05, 0.1) is 6.21 Å². The Morgan fingerprint density at radius 1 is 1.50 bits per heavy atom. The maximum absolute atomic E-state index is 12.3.